The van der Waals surface area contributed by atoms with E-state index in [9.17, 15) is 4.79 Å². The number of allylic oxidation sites excluding steroid dienone is 2. The van der Waals surface area contributed by atoms with Gasteiger partial charge in [-0.25, -0.2) is 0 Å². The molecule has 1 aliphatic heterocycles. The molecule has 0 unspecified atom stereocenters. The van der Waals surface area contributed by atoms with Gasteiger partial charge in [0.1, 0.15) is 0 Å². The minimum atomic E-state index is -0.0555. The number of hydrogen-bond donors (Lipinski definition) is 1. The lowest BCUT2D eigenvalue weighted by atomic mass is 9.96. The zero-order chi connectivity index (χ0) is 25.0. The largest absolute Gasteiger partial charge is 0.353 e. The van der Waals surface area contributed by atoms with Crippen LogP contribution in [0.25, 0.3) is 6.08 Å². The number of aryl methyl sites for hydroxylation is 1. The van der Waals surface area contributed by atoms with Crippen molar-refractivity contribution in [3.63, 3.8) is 0 Å². The topological polar surface area (TPSA) is 48.5 Å². The zero-order valence-corrected chi connectivity index (χ0v) is 21.1. The van der Waals surface area contributed by atoms with Crippen molar-refractivity contribution in [2.45, 2.75) is 19.4 Å². The first kappa shape index (κ1) is 25.5. The summed E-state index contributed by atoms with van der Waals surface area (Å²) in [6.07, 6.45) is 9.92. The quantitative estimate of drug-likeness (QED) is 0.255. The normalized spacial score (nSPS) is 15.2. The van der Waals surface area contributed by atoms with Crippen molar-refractivity contribution in [3.05, 3.63) is 120 Å². The molecule has 4 rings (SSSR count). The van der Waals surface area contributed by atoms with E-state index < -0.39 is 0 Å². The Labute approximate surface area is 215 Å². The lowest BCUT2D eigenvalue weighted by Crippen LogP contribution is -2.48. The summed E-state index contributed by atoms with van der Waals surface area (Å²) in [5.74, 6) is -0.0555. The number of hydrogen-bond acceptors (Lipinski definition) is 4. The van der Waals surface area contributed by atoms with E-state index in [1.165, 1.54) is 11.1 Å². The highest BCUT2D eigenvalue weighted by Gasteiger charge is 2.26. The molecule has 5 heteroatoms. The van der Waals surface area contributed by atoms with E-state index in [1.54, 1.807) is 12.2 Å². The Balaban J connectivity index is 1.17. The van der Waals surface area contributed by atoms with Gasteiger partial charge in [0.05, 0.1) is 6.04 Å². The van der Waals surface area contributed by atoms with Crippen LogP contribution in [0.3, 0.4) is 0 Å². The lowest BCUT2D eigenvalue weighted by molar-refractivity contribution is -0.116. The molecule has 0 radical (unpaired) electrons. The Kier molecular flexibility index (Phi) is 9.60. The van der Waals surface area contributed by atoms with Gasteiger partial charge in [-0.15, -0.1) is 0 Å². The standard InChI is InChI=1S/C31H36N4O/c1-26-17-18-27(25-33-26)11-8-9-16-30(36)32-19-10-20-34-21-23-35(24-22-34)31(28-12-4-2-5-13-28)29-14-6-3-7-15-29/h2-9,11-18,25,31H,10,19-24H2,1H3,(H,32,36)/b11-8+,16-9+. The number of carbonyl (C=O) groups excluding carboxylic acids is 1. The molecule has 3 aromatic rings. The first-order valence-corrected chi connectivity index (χ1v) is 12.8. The Morgan fingerprint density at radius 2 is 1.58 bits per heavy atom. The van der Waals surface area contributed by atoms with E-state index in [4.69, 9.17) is 0 Å². The van der Waals surface area contributed by atoms with Crippen molar-refractivity contribution < 1.29 is 4.79 Å². The predicted octanol–water partition coefficient (Wildman–Crippen LogP) is 4.87. The fourth-order valence-electron chi connectivity index (χ4n) is 4.59. The third-order valence-electron chi connectivity index (χ3n) is 6.53. The van der Waals surface area contributed by atoms with E-state index in [0.717, 1.165) is 50.4 Å². The highest BCUT2D eigenvalue weighted by Crippen LogP contribution is 2.29. The summed E-state index contributed by atoms with van der Waals surface area (Å²) in [4.78, 5) is 21.4. The van der Waals surface area contributed by atoms with Crippen molar-refractivity contribution in [3.8, 4) is 0 Å². The Morgan fingerprint density at radius 1 is 0.917 bits per heavy atom. The Morgan fingerprint density at radius 3 is 2.19 bits per heavy atom. The summed E-state index contributed by atoms with van der Waals surface area (Å²) in [5, 5.41) is 2.99. The molecule has 0 spiro atoms. The van der Waals surface area contributed by atoms with Gasteiger partial charge >= 0.3 is 0 Å². The minimum Gasteiger partial charge on any atom is -0.353 e. The molecule has 2 heterocycles. The number of carbonyl (C=O) groups is 1. The summed E-state index contributed by atoms with van der Waals surface area (Å²) in [5.41, 5.74) is 4.70. The third-order valence-corrected chi connectivity index (χ3v) is 6.53. The number of piperazine rings is 1. The summed E-state index contributed by atoms with van der Waals surface area (Å²) < 4.78 is 0. The maximum Gasteiger partial charge on any atom is 0.243 e. The third kappa shape index (κ3) is 7.74. The molecule has 1 fully saturated rings. The van der Waals surface area contributed by atoms with Crippen LogP contribution in [0.4, 0.5) is 0 Å². The highest BCUT2D eigenvalue weighted by atomic mass is 16.1. The zero-order valence-electron chi connectivity index (χ0n) is 21.1. The second kappa shape index (κ2) is 13.5. The molecule has 1 N–H and O–H groups in total. The van der Waals surface area contributed by atoms with Crippen LogP contribution in [0.1, 0.15) is 34.8 Å². The second-order valence-electron chi connectivity index (χ2n) is 9.20. The number of nitrogens with one attached hydrogen (secondary N) is 1. The average Bonchev–Trinajstić information content (AvgIpc) is 2.92. The van der Waals surface area contributed by atoms with Gasteiger partial charge in [-0.1, -0.05) is 85.0 Å². The summed E-state index contributed by atoms with van der Waals surface area (Å²) >= 11 is 0. The summed E-state index contributed by atoms with van der Waals surface area (Å²) in [7, 11) is 0. The van der Waals surface area contributed by atoms with E-state index in [0.29, 0.717) is 6.54 Å². The highest BCUT2D eigenvalue weighted by molar-refractivity contribution is 5.87. The van der Waals surface area contributed by atoms with Gasteiger partial charge in [0, 0.05) is 50.7 Å². The first-order valence-electron chi connectivity index (χ1n) is 12.8. The molecule has 0 bridgehead atoms. The van der Waals surface area contributed by atoms with Crippen molar-refractivity contribution >= 4 is 12.0 Å². The molecule has 0 saturated carbocycles. The van der Waals surface area contributed by atoms with Gasteiger partial charge in [0.15, 0.2) is 0 Å². The van der Waals surface area contributed by atoms with E-state index in [1.807, 2.05) is 37.4 Å². The molecule has 0 aliphatic carbocycles. The predicted molar refractivity (Wildman–Crippen MR) is 148 cm³/mol. The monoisotopic (exact) mass is 480 g/mol. The summed E-state index contributed by atoms with van der Waals surface area (Å²) in [6, 6.07) is 25.9. The van der Waals surface area contributed by atoms with Crippen LogP contribution in [0.15, 0.2) is 97.2 Å². The van der Waals surface area contributed by atoms with Crippen LogP contribution in [-0.2, 0) is 4.79 Å². The molecule has 36 heavy (non-hydrogen) atoms. The van der Waals surface area contributed by atoms with Crippen LogP contribution in [0, 0.1) is 6.92 Å². The van der Waals surface area contributed by atoms with Gasteiger partial charge in [0.2, 0.25) is 5.91 Å². The number of nitrogens with zero attached hydrogens (tertiary/aromatic N) is 3. The maximum absolute atomic E-state index is 12.1. The maximum atomic E-state index is 12.1. The number of amides is 1. The van der Waals surface area contributed by atoms with Crippen molar-refractivity contribution in [1.29, 1.82) is 0 Å². The van der Waals surface area contributed by atoms with Crippen LogP contribution in [0.2, 0.25) is 0 Å². The number of aromatic nitrogens is 1. The fraction of sp³-hybridized carbons (Fsp3) is 0.290. The summed E-state index contributed by atoms with van der Waals surface area (Å²) in [6.45, 7) is 7.81. The van der Waals surface area contributed by atoms with Crippen molar-refractivity contribution in [2.24, 2.45) is 0 Å². The fourth-order valence-corrected chi connectivity index (χ4v) is 4.59. The van der Waals surface area contributed by atoms with Gasteiger partial charge in [-0.3, -0.25) is 14.7 Å². The first-order chi connectivity index (χ1) is 17.7. The molecule has 1 aromatic heterocycles. The van der Waals surface area contributed by atoms with Crippen molar-refractivity contribution in [2.75, 3.05) is 39.3 Å². The molecule has 1 saturated heterocycles. The van der Waals surface area contributed by atoms with Crippen LogP contribution >= 0.6 is 0 Å². The number of benzene rings is 2. The Hall–Kier alpha value is -3.54. The molecule has 0 atom stereocenters. The lowest BCUT2D eigenvalue weighted by Gasteiger charge is -2.39. The molecule has 5 nitrogen and oxygen atoms in total. The van der Waals surface area contributed by atoms with Crippen LogP contribution in [-0.4, -0.2) is 60.0 Å². The molecule has 1 aliphatic rings. The van der Waals surface area contributed by atoms with Crippen LogP contribution < -0.4 is 5.32 Å². The Bertz CT molecular complexity index is 1080. The second-order valence-corrected chi connectivity index (χ2v) is 9.20. The van der Waals surface area contributed by atoms with Gasteiger partial charge in [-0.2, -0.15) is 0 Å². The van der Waals surface area contributed by atoms with Gasteiger partial charge in [0.25, 0.3) is 0 Å². The molecule has 2 aromatic carbocycles. The van der Waals surface area contributed by atoms with Gasteiger partial charge < -0.3 is 10.2 Å². The number of rotatable bonds is 10. The van der Waals surface area contributed by atoms with Gasteiger partial charge in [-0.05, 0) is 42.6 Å². The average molecular weight is 481 g/mol. The molecular weight excluding hydrogens is 444 g/mol. The molecule has 1 amide bonds. The SMILES string of the molecule is Cc1ccc(/C=C/C=C/C(=O)NCCCN2CCN(C(c3ccccc3)c3ccccc3)CC2)cn1. The smallest absolute Gasteiger partial charge is 0.243 e. The molecule has 186 valence electrons. The van der Waals surface area contributed by atoms with Crippen molar-refractivity contribution in [1.82, 2.24) is 20.1 Å². The molecular formula is C31H36N4O. The van der Waals surface area contributed by atoms with E-state index in [2.05, 4.69) is 80.8 Å². The van der Waals surface area contributed by atoms with Crippen LogP contribution in [0.5, 0.6) is 0 Å². The van der Waals surface area contributed by atoms with E-state index in [-0.39, 0.29) is 11.9 Å². The number of pyridine rings is 1. The minimum absolute atomic E-state index is 0.0555. The van der Waals surface area contributed by atoms with E-state index >= 15 is 0 Å².